The van der Waals surface area contributed by atoms with Gasteiger partial charge in [0, 0.05) is 17.8 Å². The number of non-ortho nitro benzene ring substituents is 1. The van der Waals surface area contributed by atoms with E-state index in [0.717, 1.165) is 5.56 Å². The molecular formula is C28H24BrN3O7. The van der Waals surface area contributed by atoms with Crippen LogP contribution in [0.5, 0.6) is 11.5 Å². The van der Waals surface area contributed by atoms with Crippen LogP contribution in [-0.2, 0) is 16.1 Å². The van der Waals surface area contributed by atoms with Crippen molar-refractivity contribution in [2.24, 2.45) is 0 Å². The number of rotatable bonds is 11. The van der Waals surface area contributed by atoms with Crippen LogP contribution in [0.15, 0.2) is 70.7 Å². The number of halogens is 1. The standard InChI is InChI=1S/C28H24BrN3O7/c1-3-37-25-15-19(14-24(29)26(25)39-17-18-5-11-23(12-6-18)32(35)36)13-21(16-30)27(33)31-22-9-7-20(8-10-22)28(34)38-4-2/h5-15H,3-4,17H2,1-2H3,(H,31,33)/b21-13+. The number of nitrogens with one attached hydrogen (secondary N) is 1. The lowest BCUT2D eigenvalue weighted by molar-refractivity contribution is -0.384. The van der Waals surface area contributed by atoms with E-state index >= 15 is 0 Å². The van der Waals surface area contributed by atoms with Gasteiger partial charge in [-0.15, -0.1) is 0 Å². The Balaban J connectivity index is 1.77. The fraction of sp³-hybridized carbons (Fsp3) is 0.179. The maximum absolute atomic E-state index is 12.8. The first-order chi connectivity index (χ1) is 18.7. The fourth-order valence-corrected chi connectivity index (χ4v) is 3.94. The highest BCUT2D eigenvalue weighted by Crippen LogP contribution is 2.38. The lowest BCUT2D eigenvalue weighted by Crippen LogP contribution is -2.13. The summed E-state index contributed by atoms with van der Waals surface area (Å²) in [7, 11) is 0. The van der Waals surface area contributed by atoms with E-state index < -0.39 is 16.8 Å². The van der Waals surface area contributed by atoms with Gasteiger partial charge in [-0.2, -0.15) is 5.26 Å². The Labute approximate surface area is 233 Å². The highest BCUT2D eigenvalue weighted by molar-refractivity contribution is 9.10. The molecule has 0 unspecified atom stereocenters. The Bertz CT molecular complexity index is 1430. The normalized spacial score (nSPS) is 10.8. The maximum Gasteiger partial charge on any atom is 0.338 e. The Morgan fingerprint density at radius 1 is 1.05 bits per heavy atom. The van der Waals surface area contributed by atoms with Crippen LogP contribution in [0.4, 0.5) is 11.4 Å². The van der Waals surface area contributed by atoms with Crippen LogP contribution in [0.3, 0.4) is 0 Å². The van der Waals surface area contributed by atoms with Crippen LogP contribution in [0, 0.1) is 21.4 Å². The molecule has 3 rings (SSSR count). The second kappa shape index (κ2) is 13.7. The molecule has 0 radical (unpaired) electrons. The number of amides is 1. The summed E-state index contributed by atoms with van der Waals surface area (Å²) < 4.78 is 17.1. The Morgan fingerprint density at radius 2 is 1.74 bits per heavy atom. The molecule has 1 amide bonds. The second-order valence-corrected chi connectivity index (χ2v) is 8.75. The lowest BCUT2D eigenvalue weighted by Gasteiger charge is -2.15. The monoisotopic (exact) mass is 593 g/mol. The maximum atomic E-state index is 12.8. The molecule has 3 aromatic carbocycles. The van der Waals surface area contributed by atoms with Gasteiger partial charge in [0.1, 0.15) is 18.2 Å². The summed E-state index contributed by atoms with van der Waals surface area (Å²) in [6.45, 7) is 4.23. The number of nitrogens with zero attached hydrogens (tertiary/aromatic N) is 2. The molecule has 0 saturated carbocycles. The van der Waals surface area contributed by atoms with E-state index in [2.05, 4.69) is 21.2 Å². The van der Waals surface area contributed by atoms with E-state index in [4.69, 9.17) is 14.2 Å². The second-order valence-electron chi connectivity index (χ2n) is 7.90. The summed E-state index contributed by atoms with van der Waals surface area (Å²) in [5.74, 6) is -0.318. The molecule has 0 atom stereocenters. The molecule has 0 heterocycles. The molecule has 11 heteroatoms. The van der Waals surface area contributed by atoms with Crippen LogP contribution in [0.25, 0.3) is 6.08 Å². The first kappa shape index (κ1) is 28.9. The fourth-order valence-electron chi connectivity index (χ4n) is 3.36. The number of anilines is 1. The first-order valence-corrected chi connectivity index (χ1v) is 12.6. The van der Waals surface area contributed by atoms with Gasteiger partial charge in [0.2, 0.25) is 0 Å². The molecule has 3 aromatic rings. The summed E-state index contributed by atoms with van der Waals surface area (Å²) in [6.07, 6.45) is 1.41. The average molecular weight is 594 g/mol. The highest BCUT2D eigenvalue weighted by atomic mass is 79.9. The van der Waals surface area contributed by atoms with Gasteiger partial charge in [0.05, 0.1) is 28.2 Å². The largest absolute Gasteiger partial charge is 0.490 e. The van der Waals surface area contributed by atoms with Crippen LogP contribution in [0.2, 0.25) is 0 Å². The number of carbonyl (C=O) groups excluding carboxylic acids is 2. The minimum Gasteiger partial charge on any atom is -0.490 e. The van der Waals surface area contributed by atoms with Crippen molar-refractivity contribution in [3.63, 3.8) is 0 Å². The summed E-state index contributed by atoms with van der Waals surface area (Å²) in [5, 5.41) is 23.1. The molecule has 0 aliphatic rings. The van der Waals surface area contributed by atoms with Crippen molar-refractivity contribution >= 4 is 45.3 Å². The molecule has 0 saturated heterocycles. The third-order valence-electron chi connectivity index (χ3n) is 5.19. The number of nitriles is 1. The van der Waals surface area contributed by atoms with Crippen molar-refractivity contribution in [3.05, 3.63) is 97.5 Å². The molecule has 0 bridgehead atoms. The van der Waals surface area contributed by atoms with E-state index in [1.165, 1.54) is 30.3 Å². The Kier molecular flexibility index (Phi) is 10.2. The van der Waals surface area contributed by atoms with E-state index in [1.54, 1.807) is 50.2 Å². The Morgan fingerprint density at radius 3 is 2.33 bits per heavy atom. The van der Waals surface area contributed by atoms with Crippen LogP contribution in [0.1, 0.15) is 35.3 Å². The van der Waals surface area contributed by atoms with E-state index in [1.807, 2.05) is 6.07 Å². The van der Waals surface area contributed by atoms with E-state index in [9.17, 15) is 25.0 Å². The molecule has 0 aliphatic carbocycles. The van der Waals surface area contributed by atoms with Crippen LogP contribution >= 0.6 is 15.9 Å². The van der Waals surface area contributed by atoms with Gasteiger partial charge in [0.15, 0.2) is 11.5 Å². The van der Waals surface area contributed by atoms with Crippen LogP contribution < -0.4 is 14.8 Å². The van der Waals surface area contributed by atoms with Crippen molar-refractivity contribution in [3.8, 4) is 17.6 Å². The molecule has 0 fully saturated rings. The minimum atomic E-state index is -0.631. The molecule has 200 valence electrons. The summed E-state index contributed by atoms with van der Waals surface area (Å²) in [5.41, 5.74) is 1.81. The number of hydrogen-bond acceptors (Lipinski definition) is 8. The van der Waals surface area contributed by atoms with E-state index in [0.29, 0.717) is 39.4 Å². The number of ether oxygens (including phenoxy) is 3. The predicted molar refractivity (Wildman–Crippen MR) is 147 cm³/mol. The van der Waals surface area contributed by atoms with Crippen molar-refractivity contribution in [1.29, 1.82) is 5.26 Å². The van der Waals surface area contributed by atoms with Gasteiger partial charge in [-0.1, -0.05) is 0 Å². The summed E-state index contributed by atoms with van der Waals surface area (Å²) in [6, 6.07) is 17.3. The van der Waals surface area contributed by atoms with Crippen molar-refractivity contribution in [2.45, 2.75) is 20.5 Å². The number of nitro benzene ring substituents is 1. The van der Waals surface area contributed by atoms with Gasteiger partial charge in [-0.25, -0.2) is 4.79 Å². The zero-order valence-corrected chi connectivity index (χ0v) is 22.7. The van der Waals surface area contributed by atoms with Crippen molar-refractivity contribution in [1.82, 2.24) is 0 Å². The number of benzene rings is 3. The topological polar surface area (TPSA) is 141 Å². The molecule has 0 spiro atoms. The molecule has 39 heavy (non-hydrogen) atoms. The average Bonchev–Trinajstić information content (AvgIpc) is 2.92. The van der Waals surface area contributed by atoms with Gasteiger partial charge < -0.3 is 19.5 Å². The number of hydrogen-bond donors (Lipinski definition) is 1. The molecule has 0 aliphatic heterocycles. The van der Waals surface area contributed by atoms with Crippen molar-refractivity contribution < 1.29 is 28.7 Å². The van der Waals surface area contributed by atoms with Gasteiger partial charge in [-0.05, 0) is 95.5 Å². The highest BCUT2D eigenvalue weighted by Gasteiger charge is 2.16. The number of carbonyl (C=O) groups is 2. The summed E-state index contributed by atoms with van der Waals surface area (Å²) in [4.78, 5) is 34.9. The van der Waals surface area contributed by atoms with Gasteiger partial charge >= 0.3 is 5.97 Å². The zero-order valence-electron chi connectivity index (χ0n) is 21.1. The zero-order chi connectivity index (χ0) is 28.4. The van der Waals surface area contributed by atoms with Crippen molar-refractivity contribution in [2.75, 3.05) is 18.5 Å². The number of nitro groups is 1. The Hall–Kier alpha value is -4.69. The first-order valence-electron chi connectivity index (χ1n) is 11.8. The van der Waals surface area contributed by atoms with Gasteiger partial charge in [0.25, 0.3) is 11.6 Å². The molecule has 0 aromatic heterocycles. The summed E-state index contributed by atoms with van der Waals surface area (Å²) >= 11 is 3.46. The van der Waals surface area contributed by atoms with E-state index in [-0.39, 0.29) is 24.5 Å². The smallest absolute Gasteiger partial charge is 0.338 e. The SMILES string of the molecule is CCOC(=O)c1ccc(NC(=O)/C(C#N)=C/c2cc(Br)c(OCc3ccc([N+](=O)[O-])cc3)c(OCC)c2)cc1. The lowest BCUT2D eigenvalue weighted by atomic mass is 10.1. The molecular weight excluding hydrogens is 570 g/mol. The predicted octanol–water partition coefficient (Wildman–Crippen LogP) is 6.06. The minimum absolute atomic E-state index is 0.0166. The van der Waals surface area contributed by atoms with Gasteiger partial charge in [-0.3, -0.25) is 14.9 Å². The van der Waals surface area contributed by atoms with Crippen LogP contribution in [-0.4, -0.2) is 30.0 Å². The third-order valence-corrected chi connectivity index (χ3v) is 5.78. The molecule has 1 N–H and O–H groups in total. The molecule has 10 nitrogen and oxygen atoms in total. The quantitative estimate of drug-likeness (QED) is 0.0929. The third kappa shape index (κ3) is 7.90. The number of esters is 1.